The molecule has 1 aliphatic rings. The lowest BCUT2D eigenvalue weighted by Crippen LogP contribution is -2.17. The van der Waals surface area contributed by atoms with Crippen LogP contribution in [0.4, 0.5) is 0 Å². The van der Waals surface area contributed by atoms with Gasteiger partial charge in [-0.25, -0.2) is 0 Å². The standard InChI is InChI=1S/C19H31N/c1-15(2)14-17-8-11-18(12-9-17)19(20-3)13-10-16-6-4-5-7-16/h8-9,11-12,15-16,19-20H,4-7,10,13-14H2,1-3H3. The first-order valence-corrected chi connectivity index (χ1v) is 8.45. The summed E-state index contributed by atoms with van der Waals surface area (Å²) in [5, 5.41) is 3.50. The van der Waals surface area contributed by atoms with Gasteiger partial charge in [0.25, 0.3) is 0 Å². The van der Waals surface area contributed by atoms with Crippen LogP contribution in [0.25, 0.3) is 0 Å². The monoisotopic (exact) mass is 273 g/mol. The molecule has 1 aliphatic carbocycles. The first-order valence-electron chi connectivity index (χ1n) is 8.45. The van der Waals surface area contributed by atoms with E-state index in [9.17, 15) is 0 Å². The molecule has 1 nitrogen and oxygen atoms in total. The second kappa shape index (κ2) is 7.83. The average Bonchev–Trinajstić information content (AvgIpc) is 2.94. The van der Waals surface area contributed by atoms with Crippen LogP contribution in [0.3, 0.4) is 0 Å². The normalized spacial score (nSPS) is 17.8. The average molecular weight is 273 g/mol. The number of rotatable bonds is 7. The summed E-state index contributed by atoms with van der Waals surface area (Å²) in [7, 11) is 2.10. The molecular formula is C19H31N. The van der Waals surface area contributed by atoms with Crippen LogP contribution in [0.5, 0.6) is 0 Å². The Balaban J connectivity index is 1.89. The van der Waals surface area contributed by atoms with E-state index >= 15 is 0 Å². The van der Waals surface area contributed by atoms with E-state index in [1.807, 2.05) is 0 Å². The van der Waals surface area contributed by atoms with Gasteiger partial charge in [-0.15, -0.1) is 0 Å². The van der Waals surface area contributed by atoms with Crippen LogP contribution in [0.1, 0.15) is 69.5 Å². The molecule has 20 heavy (non-hydrogen) atoms. The van der Waals surface area contributed by atoms with E-state index in [1.165, 1.54) is 56.1 Å². The van der Waals surface area contributed by atoms with E-state index in [1.54, 1.807) is 0 Å². The summed E-state index contributed by atoms with van der Waals surface area (Å²) in [6.45, 7) is 4.57. The van der Waals surface area contributed by atoms with Gasteiger partial charge in [0.2, 0.25) is 0 Å². The van der Waals surface area contributed by atoms with Crippen molar-refractivity contribution in [3.05, 3.63) is 35.4 Å². The number of hydrogen-bond acceptors (Lipinski definition) is 1. The number of benzene rings is 1. The molecule has 0 heterocycles. The third kappa shape index (κ3) is 4.63. The molecule has 0 aromatic heterocycles. The fourth-order valence-corrected chi connectivity index (χ4v) is 3.54. The molecule has 1 fully saturated rings. The van der Waals surface area contributed by atoms with Crippen molar-refractivity contribution in [3.8, 4) is 0 Å². The first kappa shape index (κ1) is 15.6. The molecule has 0 amide bonds. The maximum atomic E-state index is 3.50. The van der Waals surface area contributed by atoms with Gasteiger partial charge in [0.05, 0.1) is 0 Å². The first-order chi connectivity index (χ1) is 9.69. The van der Waals surface area contributed by atoms with Gasteiger partial charge < -0.3 is 5.32 Å². The van der Waals surface area contributed by atoms with Crippen molar-refractivity contribution < 1.29 is 0 Å². The predicted octanol–water partition coefficient (Wildman–Crippen LogP) is 5.12. The lowest BCUT2D eigenvalue weighted by Gasteiger charge is -2.19. The Morgan fingerprint density at radius 2 is 1.75 bits per heavy atom. The smallest absolute Gasteiger partial charge is 0.0317 e. The summed E-state index contributed by atoms with van der Waals surface area (Å²) < 4.78 is 0. The molecule has 1 heteroatoms. The van der Waals surface area contributed by atoms with E-state index in [0.29, 0.717) is 6.04 Å². The SMILES string of the molecule is CNC(CCC1CCCC1)c1ccc(CC(C)C)cc1. The molecule has 0 saturated heterocycles. The van der Waals surface area contributed by atoms with Gasteiger partial charge in [-0.2, -0.15) is 0 Å². The molecule has 1 atom stereocenters. The van der Waals surface area contributed by atoms with E-state index in [2.05, 4.69) is 50.5 Å². The van der Waals surface area contributed by atoms with Crippen molar-refractivity contribution >= 4 is 0 Å². The Labute approximate surface area is 125 Å². The zero-order valence-corrected chi connectivity index (χ0v) is 13.5. The molecular weight excluding hydrogens is 242 g/mol. The zero-order chi connectivity index (χ0) is 14.4. The van der Waals surface area contributed by atoms with Crippen LogP contribution in [0, 0.1) is 11.8 Å². The summed E-state index contributed by atoms with van der Waals surface area (Å²) in [6, 6.07) is 9.81. The molecule has 0 aliphatic heterocycles. The minimum Gasteiger partial charge on any atom is -0.313 e. The Bertz CT molecular complexity index is 373. The lowest BCUT2D eigenvalue weighted by molar-refractivity contribution is 0.427. The summed E-state index contributed by atoms with van der Waals surface area (Å²) >= 11 is 0. The largest absolute Gasteiger partial charge is 0.313 e. The number of nitrogens with one attached hydrogen (secondary N) is 1. The van der Waals surface area contributed by atoms with E-state index in [0.717, 1.165) is 11.8 Å². The Morgan fingerprint density at radius 3 is 2.30 bits per heavy atom. The molecule has 112 valence electrons. The Morgan fingerprint density at radius 1 is 1.10 bits per heavy atom. The topological polar surface area (TPSA) is 12.0 Å². The van der Waals surface area contributed by atoms with Crippen LogP contribution in [0.2, 0.25) is 0 Å². The van der Waals surface area contributed by atoms with E-state index in [4.69, 9.17) is 0 Å². The molecule has 1 aromatic carbocycles. The van der Waals surface area contributed by atoms with Gasteiger partial charge >= 0.3 is 0 Å². The van der Waals surface area contributed by atoms with Gasteiger partial charge in [0.1, 0.15) is 0 Å². The van der Waals surface area contributed by atoms with E-state index < -0.39 is 0 Å². The summed E-state index contributed by atoms with van der Waals surface area (Å²) in [5.41, 5.74) is 2.92. The van der Waals surface area contributed by atoms with Crippen molar-refractivity contribution in [2.75, 3.05) is 7.05 Å². The van der Waals surface area contributed by atoms with Gasteiger partial charge in [0.15, 0.2) is 0 Å². The highest BCUT2D eigenvalue weighted by molar-refractivity contribution is 5.25. The summed E-state index contributed by atoms with van der Waals surface area (Å²) in [6.07, 6.45) is 9.70. The van der Waals surface area contributed by atoms with Crippen molar-refractivity contribution in [2.45, 2.75) is 64.8 Å². The van der Waals surface area contributed by atoms with Gasteiger partial charge in [-0.1, -0.05) is 63.8 Å². The second-order valence-electron chi connectivity index (χ2n) is 6.91. The highest BCUT2D eigenvalue weighted by Gasteiger charge is 2.17. The third-order valence-electron chi connectivity index (χ3n) is 4.71. The van der Waals surface area contributed by atoms with Crippen LogP contribution < -0.4 is 5.32 Å². The maximum Gasteiger partial charge on any atom is 0.0317 e. The quantitative estimate of drug-likeness (QED) is 0.727. The van der Waals surface area contributed by atoms with Gasteiger partial charge in [-0.05, 0) is 49.3 Å². The summed E-state index contributed by atoms with van der Waals surface area (Å²) in [4.78, 5) is 0. The van der Waals surface area contributed by atoms with Crippen molar-refractivity contribution in [1.29, 1.82) is 0 Å². The molecule has 1 N–H and O–H groups in total. The maximum absolute atomic E-state index is 3.50. The van der Waals surface area contributed by atoms with Crippen molar-refractivity contribution in [2.24, 2.45) is 11.8 Å². The highest BCUT2D eigenvalue weighted by Crippen LogP contribution is 2.31. The molecule has 0 bridgehead atoms. The lowest BCUT2D eigenvalue weighted by atomic mass is 9.93. The Hall–Kier alpha value is -0.820. The molecule has 0 radical (unpaired) electrons. The summed E-state index contributed by atoms with van der Waals surface area (Å²) in [5.74, 6) is 1.73. The second-order valence-corrected chi connectivity index (χ2v) is 6.91. The molecule has 0 spiro atoms. The van der Waals surface area contributed by atoms with Crippen LogP contribution in [0.15, 0.2) is 24.3 Å². The fourth-order valence-electron chi connectivity index (χ4n) is 3.54. The molecule has 1 saturated carbocycles. The zero-order valence-electron chi connectivity index (χ0n) is 13.5. The minimum absolute atomic E-state index is 0.531. The Kier molecular flexibility index (Phi) is 6.09. The van der Waals surface area contributed by atoms with E-state index in [-0.39, 0.29) is 0 Å². The van der Waals surface area contributed by atoms with Crippen molar-refractivity contribution in [3.63, 3.8) is 0 Å². The van der Waals surface area contributed by atoms with Crippen LogP contribution >= 0.6 is 0 Å². The van der Waals surface area contributed by atoms with Crippen LogP contribution in [-0.4, -0.2) is 7.05 Å². The molecule has 1 unspecified atom stereocenters. The molecule has 2 rings (SSSR count). The molecule has 1 aromatic rings. The van der Waals surface area contributed by atoms with Gasteiger partial charge in [-0.3, -0.25) is 0 Å². The minimum atomic E-state index is 0.531. The number of hydrogen-bond donors (Lipinski definition) is 1. The third-order valence-corrected chi connectivity index (χ3v) is 4.71. The fraction of sp³-hybridized carbons (Fsp3) is 0.684. The van der Waals surface area contributed by atoms with Gasteiger partial charge in [0, 0.05) is 6.04 Å². The van der Waals surface area contributed by atoms with Crippen molar-refractivity contribution in [1.82, 2.24) is 5.32 Å². The highest BCUT2D eigenvalue weighted by atomic mass is 14.9. The van der Waals surface area contributed by atoms with Crippen LogP contribution in [-0.2, 0) is 6.42 Å². The predicted molar refractivity (Wildman–Crippen MR) is 88.0 cm³/mol.